The molecule has 0 bridgehead atoms. The third-order valence-corrected chi connectivity index (χ3v) is 21.3. The number of hydrogen-bond acceptors (Lipinski definition) is 27. The molecule has 3 aromatic carbocycles. The van der Waals surface area contributed by atoms with Crippen LogP contribution in [0.15, 0.2) is 123 Å². The van der Waals surface area contributed by atoms with Crippen LogP contribution in [0.5, 0.6) is 17.6 Å². The van der Waals surface area contributed by atoms with Gasteiger partial charge in [0.25, 0.3) is 17.7 Å². The summed E-state index contributed by atoms with van der Waals surface area (Å²) in [5.74, 6) is -2.03. The van der Waals surface area contributed by atoms with Crippen LogP contribution in [0.3, 0.4) is 0 Å². The van der Waals surface area contributed by atoms with E-state index in [1.807, 2.05) is 67.5 Å². The fourth-order valence-electron chi connectivity index (χ4n) is 11.3. The molecule has 5 aliphatic heterocycles. The molecule has 0 unspecified atom stereocenters. The second-order valence-corrected chi connectivity index (χ2v) is 30.6. The summed E-state index contributed by atoms with van der Waals surface area (Å²) >= 11 is 24.0. The lowest BCUT2D eigenvalue weighted by molar-refractivity contribution is -0.119. The molecule has 5 aliphatic rings. The first-order valence-electron chi connectivity index (χ1n) is 35.0. The summed E-state index contributed by atoms with van der Waals surface area (Å²) in [6, 6.07) is 15.8. The molecule has 116 heavy (non-hydrogen) atoms. The Kier molecular flexibility index (Phi) is 28.0. The molecular formula is C71H79B2BrCl3IN24O14. The molecule has 0 aliphatic carbocycles. The number of nitrogens with zero attached hydrogens (tertiary/aromatic N) is 16. The molecule has 2 fully saturated rings. The van der Waals surface area contributed by atoms with Crippen molar-refractivity contribution in [1.82, 2.24) is 69.4 Å². The molecule has 0 atom stereocenters. The molecule has 2 saturated heterocycles. The number of ether oxygens (including phenoxy) is 3. The second-order valence-electron chi connectivity index (χ2n) is 27.7. The quantitative estimate of drug-likeness (QED) is 0.0412. The number of carbonyl (C=O) groups is 7. The number of halogens is 5. The number of rotatable bonds is 14. The predicted octanol–water partition coefficient (Wildman–Crippen LogP) is 4.80. The Bertz CT molecular complexity index is 5090. The fourth-order valence-corrected chi connectivity index (χ4v) is 12.4. The number of aromatic nitrogens is 14. The number of amides is 7. The number of nitrogens with one attached hydrogen (secondary N) is 1. The molecule has 45 heteroatoms. The van der Waals surface area contributed by atoms with Crippen molar-refractivity contribution < 1.29 is 66.4 Å². The average Bonchev–Trinajstić information content (AvgIpc) is 1.63. The molecule has 15 N–H and O–H groups in total. The van der Waals surface area contributed by atoms with Crippen molar-refractivity contribution in [2.75, 3.05) is 76.7 Å². The van der Waals surface area contributed by atoms with E-state index in [1.54, 1.807) is 96.9 Å². The zero-order valence-electron chi connectivity index (χ0n) is 63.6. The molecular weight excluding hydrogens is 1750 g/mol. The van der Waals surface area contributed by atoms with Gasteiger partial charge in [0.2, 0.25) is 41.3 Å². The summed E-state index contributed by atoms with van der Waals surface area (Å²) in [5, 5.41) is 20.5. The van der Waals surface area contributed by atoms with E-state index in [2.05, 4.69) is 99.7 Å². The number of aromatic amines is 1. The largest absolute Gasteiger partial charge is 0.498 e. The van der Waals surface area contributed by atoms with Crippen LogP contribution in [0.25, 0.3) is 22.3 Å². The summed E-state index contributed by atoms with van der Waals surface area (Å²) in [7, 11) is -0.768. The van der Waals surface area contributed by atoms with Gasteiger partial charge in [-0.1, -0.05) is 62.9 Å². The zero-order valence-corrected chi connectivity index (χ0v) is 69.6. The number of alkyl halides is 1. The van der Waals surface area contributed by atoms with Crippen molar-refractivity contribution >= 4 is 174 Å². The summed E-state index contributed by atoms with van der Waals surface area (Å²) in [6.07, 6.45) is 17.2. The molecule has 0 spiro atoms. The maximum absolute atomic E-state index is 13.0. The Morgan fingerprint density at radius 1 is 0.483 bits per heavy atom. The number of primary amides is 4. The highest BCUT2D eigenvalue weighted by Crippen LogP contribution is 2.40. The number of anilines is 6. The molecule has 12 heterocycles. The molecule has 10 aromatic rings. The maximum atomic E-state index is 13.0. The number of hydrogen-bond donors (Lipinski definition) is 8. The highest BCUT2D eigenvalue weighted by Gasteiger charge is 2.53. The third kappa shape index (κ3) is 20.9. The first-order chi connectivity index (χ1) is 54.9. The number of H-pyrrole nitrogens is 1. The van der Waals surface area contributed by atoms with E-state index in [0.29, 0.717) is 69.5 Å². The smallest absolute Gasteiger partial charge is 0.475 e. The first-order valence-corrected chi connectivity index (χ1v) is 38.4. The fraction of sp³-hybridized carbons (Fsp3) is 0.310. The molecule has 7 aromatic heterocycles. The van der Waals surface area contributed by atoms with Crippen molar-refractivity contribution in [1.29, 1.82) is 0 Å². The molecule has 7 amide bonds. The number of benzene rings is 3. The first kappa shape index (κ1) is 87.3. The van der Waals surface area contributed by atoms with Crippen LogP contribution >= 0.6 is 73.3 Å². The zero-order chi connectivity index (χ0) is 84.3. The van der Waals surface area contributed by atoms with Gasteiger partial charge in [-0.15, -0.1) is 0 Å². The topological polar surface area (TPSA) is 535 Å². The van der Waals surface area contributed by atoms with Gasteiger partial charge in [0, 0.05) is 91.0 Å². The van der Waals surface area contributed by atoms with Crippen LogP contribution in [-0.4, -0.2) is 192 Å². The Balaban J connectivity index is 0.000000154. The van der Waals surface area contributed by atoms with Crippen LogP contribution in [0.4, 0.5) is 34.5 Å². The van der Waals surface area contributed by atoms with Gasteiger partial charge in [0.15, 0.2) is 0 Å². The Morgan fingerprint density at radius 3 is 1.15 bits per heavy atom. The molecule has 0 radical (unpaired) electrons. The summed E-state index contributed by atoms with van der Waals surface area (Å²) in [4.78, 5) is 109. The minimum atomic E-state index is -0.494. The van der Waals surface area contributed by atoms with E-state index in [1.165, 1.54) is 42.8 Å². The summed E-state index contributed by atoms with van der Waals surface area (Å²) in [6.45, 7) is 17.9. The normalized spacial score (nSPS) is 15.9. The van der Waals surface area contributed by atoms with Gasteiger partial charge in [0.1, 0.15) is 92.6 Å². The van der Waals surface area contributed by atoms with Gasteiger partial charge < -0.3 is 87.7 Å². The minimum absolute atomic E-state index is 0.0269. The van der Waals surface area contributed by atoms with Gasteiger partial charge in [0.05, 0.1) is 74.8 Å². The van der Waals surface area contributed by atoms with Crippen LogP contribution in [-0.2, 0) is 57.4 Å². The SMILES string of the molecule is CC1(C)OB(c2cn[nH]c2)OC1(C)C.CC1(C)OB(c2cnn(CC(N)=O)c2)OC1(C)C.NC(=O)CBr.NC(=O)Cn1cc(-c2ccc(N3CCOc4ncnc(N)c4C3=O)cc2Cl)cn1.NC(=O)Cn1cc(-c2ccc(N3CCOc4ncnc(N)c4C3=O)cc2Cl)cn1.Nc1ncnc2c1C(=O)N(c1ccc(I)c(Cl)c1)CCO2. The Hall–Kier alpha value is -11.1. The lowest BCUT2D eigenvalue weighted by Gasteiger charge is -2.32. The molecule has 38 nitrogen and oxygen atoms in total. The van der Waals surface area contributed by atoms with Crippen LogP contribution in [0.1, 0.15) is 86.5 Å². The van der Waals surface area contributed by atoms with Gasteiger partial charge in [-0.2, -0.15) is 20.4 Å². The van der Waals surface area contributed by atoms with Gasteiger partial charge in [-0.25, -0.2) is 29.9 Å². The number of nitrogen functional groups attached to an aromatic ring is 3. The number of fused-ring (bicyclic) bond motifs is 3. The number of carbonyl (C=O) groups excluding carboxylic acids is 7. The average molecular weight is 1830 g/mol. The third-order valence-electron chi connectivity index (χ3n) is 18.5. The van der Waals surface area contributed by atoms with E-state index in [0.717, 1.165) is 25.6 Å². The van der Waals surface area contributed by atoms with Crippen molar-refractivity contribution in [3.63, 3.8) is 0 Å². The van der Waals surface area contributed by atoms with Gasteiger partial charge in [-0.3, -0.25) is 52.7 Å². The Labute approximate surface area is 700 Å². The van der Waals surface area contributed by atoms with Crippen molar-refractivity contribution in [3.8, 4) is 39.9 Å². The number of nitrogens with two attached hydrogens (primary N) is 7. The molecule has 608 valence electrons. The van der Waals surface area contributed by atoms with E-state index in [-0.39, 0.29) is 143 Å². The Morgan fingerprint density at radius 2 is 0.819 bits per heavy atom. The predicted molar refractivity (Wildman–Crippen MR) is 443 cm³/mol. The highest BCUT2D eigenvalue weighted by atomic mass is 127. The standard InChI is InChI=1S/2C18H16ClN7O3.C13H10ClIN4O2.C11H18BN3O3.C9H15BN2O2.C2H4BrNO/c2*19-13-5-11(1-2-12(13)10-6-24-25(7-10)8-14(20)27)26-3-4-29-17-15(18(26)28)16(21)22-9-23-17;14-8-5-7(1-2-9(8)15)19-3-4-21-12-10(13(19)20)11(16)17-6-18-12;1-10(2)11(3,4)18-12(17-10)8-5-14-15(6-8)7-9(13)16;1-8(2)9(3,4)14-10(13-8)7-5-11-12-6-7;3-1-2(4)5/h2*1-2,5-7,9H,3-4,8H2,(H2,20,27)(H2,21,22,23);1-2,5-6H,3-4H2,(H2,16,17,18);5-6H,7H2,1-4H3,(H2,13,16);5-6H,1-4H3,(H,11,12);1H2,(H2,4,5). The molecule has 0 saturated carbocycles. The van der Waals surface area contributed by atoms with Crippen LogP contribution in [0.2, 0.25) is 15.1 Å². The van der Waals surface area contributed by atoms with Gasteiger partial charge in [-0.05, 0) is 120 Å². The lowest BCUT2D eigenvalue weighted by Crippen LogP contribution is -2.41. The highest BCUT2D eigenvalue weighted by molar-refractivity contribution is 14.1. The van der Waals surface area contributed by atoms with E-state index < -0.39 is 24.8 Å². The van der Waals surface area contributed by atoms with Gasteiger partial charge >= 0.3 is 14.2 Å². The summed E-state index contributed by atoms with van der Waals surface area (Å²) in [5.41, 5.74) is 43.1. The lowest BCUT2D eigenvalue weighted by atomic mass is 9.82. The molecule has 15 rings (SSSR count). The summed E-state index contributed by atoms with van der Waals surface area (Å²) < 4.78 is 45.2. The van der Waals surface area contributed by atoms with E-state index in [9.17, 15) is 33.6 Å². The van der Waals surface area contributed by atoms with Crippen LogP contribution in [0, 0.1) is 3.57 Å². The monoisotopic (exact) mass is 1820 g/mol. The van der Waals surface area contributed by atoms with E-state index >= 15 is 0 Å². The van der Waals surface area contributed by atoms with Crippen LogP contribution < -0.4 is 80.0 Å². The minimum Gasteiger partial charge on any atom is -0.475 e. The van der Waals surface area contributed by atoms with Crippen molar-refractivity contribution in [2.45, 2.75) is 97.4 Å². The van der Waals surface area contributed by atoms with Crippen molar-refractivity contribution in [3.05, 3.63) is 158 Å². The maximum Gasteiger partial charge on any atom is 0.498 e. The van der Waals surface area contributed by atoms with Crippen molar-refractivity contribution in [2.24, 2.45) is 22.9 Å². The second kappa shape index (κ2) is 37.2. The van der Waals surface area contributed by atoms with E-state index in [4.69, 9.17) is 102 Å².